The summed E-state index contributed by atoms with van der Waals surface area (Å²) in [5.74, 6) is -0.167. The Morgan fingerprint density at radius 3 is 2.43 bits per heavy atom. The lowest BCUT2D eigenvalue weighted by Gasteiger charge is -2.13. The van der Waals surface area contributed by atoms with E-state index in [1.54, 1.807) is 6.07 Å². The Hall–Kier alpha value is -1.22. The SMILES string of the molecule is CCc1cc(O)c(O)c([C@H](N)CC)c1. The van der Waals surface area contributed by atoms with Crippen LogP contribution in [0, 0.1) is 0 Å². The van der Waals surface area contributed by atoms with E-state index in [-0.39, 0.29) is 17.5 Å². The Kier molecular flexibility index (Phi) is 3.36. The topological polar surface area (TPSA) is 66.5 Å². The maximum atomic E-state index is 9.59. The number of aromatic hydroxyl groups is 2. The Balaban J connectivity index is 3.20. The molecule has 0 aliphatic rings. The van der Waals surface area contributed by atoms with Crippen LogP contribution in [0.15, 0.2) is 12.1 Å². The number of benzene rings is 1. The van der Waals surface area contributed by atoms with E-state index in [2.05, 4.69) is 0 Å². The molecule has 0 aliphatic carbocycles. The molecule has 0 bridgehead atoms. The molecule has 1 aromatic rings. The Labute approximate surface area is 84.2 Å². The molecule has 1 atom stereocenters. The molecule has 1 aromatic carbocycles. The van der Waals surface area contributed by atoms with Gasteiger partial charge in [-0.25, -0.2) is 0 Å². The molecule has 0 heterocycles. The zero-order valence-corrected chi connectivity index (χ0v) is 8.62. The average Bonchev–Trinajstić information content (AvgIpc) is 2.20. The van der Waals surface area contributed by atoms with Gasteiger partial charge in [0.15, 0.2) is 11.5 Å². The minimum Gasteiger partial charge on any atom is -0.504 e. The second kappa shape index (κ2) is 4.33. The van der Waals surface area contributed by atoms with Gasteiger partial charge in [0.05, 0.1) is 0 Å². The van der Waals surface area contributed by atoms with Gasteiger partial charge in [-0.2, -0.15) is 0 Å². The van der Waals surface area contributed by atoms with E-state index in [4.69, 9.17) is 5.73 Å². The summed E-state index contributed by atoms with van der Waals surface area (Å²) in [5, 5.41) is 19.0. The molecule has 0 saturated heterocycles. The normalized spacial score (nSPS) is 12.8. The van der Waals surface area contributed by atoms with Crippen molar-refractivity contribution < 1.29 is 10.2 Å². The number of hydrogen-bond donors (Lipinski definition) is 3. The van der Waals surface area contributed by atoms with E-state index in [9.17, 15) is 10.2 Å². The summed E-state index contributed by atoms with van der Waals surface area (Å²) in [5.41, 5.74) is 7.43. The van der Waals surface area contributed by atoms with Crippen molar-refractivity contribution in [2.24, 2.45) is 5.73 Å². The third kappa shape index (κ3) is 1.99. The number of hydrogen-bond acceptors (Lipinski definition) is 3. The van der Waals surface area contributed by atoms with Crippen LogP contribution in [0.25, 0.3) is 0 Å². The Morgan fingerprint density at radius 2 is 1.93 bits per heavy atom. The molecule has 0 fully saturated rings. The first-order chi connectivity index (χ1) is 6.60. The summed E-state index contributed by atoms with van der Waals surface area (Å²) in [6.45, 7) is 3.94. The first kappa shape index (κ1) is 10.9. The highest BCUT2D eigenvalue weighted by molar-refractivity contribution is 5.48. The van der Waals surface area contributed by atoms with Crippen molar-refractivity contribution in [2.75, 3.05) is 0 Å². The Bertz CT molecular complexity index is 323. The summed E-state index contributed by atoms with van der Waals surface area (Å²) >= 11 is 0. The fourth-order valence-corrected chi connectivity index (χ4v) is 1.41. The van der Waals surface area contributed by atoms with Crippen LogP contribution in [0.2, 0.25) is 0 Å². The van der Waals surface area contributed by atoms with Crippen molar-refractivity contribution in [3.05, 3.63) is 23.3 Å². The van der Waals surface area contributed by atoms with Crippen LogP contribution >= 0.6 is 0 Å². The molecule has 3 heteroatoms. The summed E-state index contributed by atoms with van der Waals surface area (Å²) < 4.78 is 0. The van der Waals surface area contributed by atoms with Crippen LogP contribution in [-0.2, 0) is 6.42 Å². The van der Waals surface area contributed by atoms with Gasteiger partial charge in [-0.1, -0.05) is 19.9 Å². The molecule has 0 radical (unpaired) electrons. The number of rotatable bonds is 3. The molecule has 14 heavy (non-hydrogen) atoms. The number of phenols is 2. The van der Waals surface area contributed by atoms with Gasteiger partial charge in [0, 0.05) is 11.6 Å². The van der Waals surface area contributed by atoms with Gasteiger partial charge in [-0.3, -0.25) is 0 Å². The van der Waals surface area contributed by atoms with Gasteiger partial charge in [0.2, 0.25) is 0 Å². The summed E-state index contributed by atoms with van der Waals surface area (Å²) in [6.07, 6.45) is 1.55. The van der Waals surface area contributed by atoms with Gasteiger partial charge in [0.1, 0.15) is 0 Å². The molecule has 0 saturated carbocycles. The molecule has 4 N–H and O–H groups in total. The van der Waals surface area contributed by atoms with Crippen LogP contribution < -0.4 is 5.73 Å². The molecule has 78 valence electrons. The number of nitrogens with two attached hydrogens (primary N) is 1. The summed E-state index contributed by atoms with van der Waals surface area (Å²) in [6, 6.07) is 3.21. The zero-order valence-electron chi connectivity index (χ0n) is 8.62. The van der Waals surface area contributed by atoms with Crippen LogP contribution in [0.1, 0.15) is 37.4 Å². The molecule has 0 amide bonds. The second-order valence-electron chi connectivity index (χ2n) is 3.42. The van der Waals surface area contributed by atoms with E-state index in [0.29, 0.717) is 5.56 Å². The average molecular weight is 195 g/mol. The van der Waals surface area contributed by atoms with Crippen molar-refractivity contribution >= 4 is 0 Å². The molecule has 3 nitrogen and oxygen atoms in total. The first-order valence-electron chi connectivity index (χ1n) is 4.90. The molecule has 0 aliphatic heterocycles. The lowest BCUT2D eigenvalue weighted by molar-refractivity contribution is 0.395. The minimum atomic E-state index is -0.215. The Morgan fingerprint density at radius 1 is 1.29 bits per heavy atom. The van der Waals surface area contributed by atoms with E-state index in [1.807, 2.05) is 19.9 Å². The minimum absolute atomic E-state index is 0.0803. The quantitative estimate of drug-likeness (QED) is 0.647. The van der Waals surface area contributed by atoms with E-state index < -0.39 is 0 Å². The van der Waals surface area contributed by atoms with Crippen molar-refractivity contribution in [3.63, 3.8) is 0 Å². The van der Waals surface area contributed by atoms with E-state index in [0.717, 1.165) is 18.4 Å². The summed E-state index contributed by atoms with van der Waals surface area (Å²) in [4.78, 5) is 0. The van der Waals surface area contributed by atoms with Gasteiger partial charge in [-0.15, -0.1) is 0 Å². The fourth-order valence-electron chi connectivity index (χ4n) is 1.41. The van der Waals surface area contributed by atoms with Crippen molar-refractivity contribution in [2.45, 2.75) is 32.7 Å². The highest BCUT2D eigenvalue weighted by Crippen LogP contribution is 2.34. The highest BCUT2D eigenvalue weighted by Gasteiger charge is 2.13. The van der Waals surface area contributed by atoms with E-state index >= 15 is 0 Å². The van der Waals surface area contributed by atoms with Gasteiger partial charge in [0.25, 0.3) is 0 Å². The molecule has 0 unspecified atom stereocenters. The predicted molar refractivity (Wildman–Crippen MR) is 56.4 cm³/mol. The molecule has 0 spiro atoms. The lowest BCUT2D eigenvalue weighted by atomic mass is 10.00. The fraction of sp³-hybridized carbons (Fsp3) is 0.455. The third-order valence-electron chi connectivity index (χ3n) is 2.43. The van der Waals surface area contributed by atoms with Crippen LogP contribution in [0.5, 0.6) is 11.5 Å². The number of phenolic OH excluding ortho intramolecular Hbond substituents is 2. The predicted octanol–water partition coefficient (Wildman–Crippen LogP) is 2.07. The van der Waals surface area contributed by atoms with E-state index in [1.165, 1.54) is 0 Å². The standard InChI is InChI=1S/C11H17NO2/c1-3-7-5-8(9(12)4-2)11(14)10(13)6-7/h5-6,9,13-14H,3-4,12H2,1-2H3/t9-/m1/s1. The van der Waals surface area contributed by atoms with Crippen LogP contribution in [-0.4, -0.2) is 10.2 Å². The first-order valence-corrected chi connectivity index (χ1v) is 4.90. The second-order valence-corrected chi connectivity index (χ2v) is 3.42. The zero-order chi connectivity index (χ0) is 10.7. The summed E-state index contributed by atoms with van der Waals surface area (Å²) in [7, 11) is 0. The van der Waals surface area contributed by atoms with Crippen molar-refractivity contribution in [1.29, 1.82) is 0 Å². The molecule has 1 rings (SSSR count). The van der Waals surface area contributed by atoms with Crippen LogP contribution in [0.4, 0.5) is 0 Å². The molecular weight excluding hydrogens is 178 g/mol. The lowest BCUT2D eigenvalue weighted by Crippen LogP contribution is -2.09. The molecule has 0 aromatic heterocycles. The highest BCUT2D eigenvalue weighted by atomic mass is 16.3. The van der Waals surface area contributed by atoms with Crippen molar-refractivity contribution in [3.8, 4) is 11.5 Å². The largest absolute Gasteiger partial charge is 0.504 e. The molecular formula is C11H17NO2. The number of aryl methyl sites for hydroxylation is 1. The van der Waals surface area contributed by atoms with Crippen molar-refractivity contribution in [1.82, 2.24) is 0 Å². The monoisotopic (exact) mass is 195 g/mol. The smallest absolute Gasteiger partial charge is 0.162 e. The maximum Gasteiger partial charge on any atom is 0.162 e. The van der Waals surface area contributed by atoms with Crippen LogP contribution in [0.3, 0.4) is 0 Å². The van der Waals surface area contributed by atoms with Gasteiger partial charge in [-0.05, 0) is 24.5 Å². The maximum absolute atomic E-state index is 9.59. The van der Waals surface area contributed by atoms with Gasteiger partial charge < -0.3 is 15.9 Å². The third-order valence-corrected chi connectivity index (χ3v) is 2.43. The van der Waals surface area contributed by atoms with Gasteiger partial charge >= 0.3 is 0 Å².